The quantitative estimate of drug-likeness (QED) is 0.905. The molecule has 2 fully saturated rings. The molecule has 0 aromatic heterocycles. The summed E-state index contributed by atoms with van der Waals surface area (Å²) in [6.07, 6.45) is 6.17. The number of likely N-dealkylation sites (tertiary alicyclic amines) is 1. The van der Waals surface area contributed by atoms with Gasteiger partial charge in [-0.05, 0) is 74.7 Å². The van der Waals surface area contributed by atoms with Crippen LogP contribution in [0.3, 0.4) is 0 Å². The predicted molar refractivity (Wildman–Crippen MR) is 89.6 cm³/mol. The van der Waals surface area contributed by atoms with Crippen molar-refractivity contribution >= 4 is 5.91 Å². The van der Waals surface area contributed by atoms with Gasteiger partial charge in [0.25, 0.3) is 0 Å². The van der Waals surface area contributed by atoms with Gasteiger partial charge < -0.3 is 10.2 Å². The van der Waals surface area contributed by atoms with Crippen LogP contribution in [0.4, 0.5) is 4.39 Å². The largest absolute Gasteiger partial charge is 0.342 e. The first-order chi connectivity index (χ1) is 11.2. The van der Waals surface area contributed by atoms with Crippen LogP contribution in [0.1, 0.15) is 37.7 Å². The highest BCUT2D eigenvalue weighted by molar-refractivity contribution is 5.76. The number of amides is 1. The number of nitrogens with one attached hydrogen (secondary N) is 1. The average Bonchev–Trinajstić information content (AvgIpc) is 3.04. The summed E-state index contributed by atoms with van der Waals surface area (Å²) in [7, 11) is 0. The highest BCUT2D eigenvalue weighted by Gasteiger charge is 2.26. The Bertz CT molecular complexity index is 511. The molecule has 0 spiro atoms. The van der Waals surface area contributed by atoms with Crippen LogP contribution in [0.15, 0.2) is 24.3 Å². The maximum Gasteiger partial charge on any atom is 0.222 e. The van der Waals surface area contributed by atoms with Crippen molar-refractivity contribution in [3.05, 3.63) is 35.6 Å². The van der Waals surface area contributed by atoms with E-state index in [2.05, 4.69) is 5.32 Å². The number of benzene rings is 1. The van der Waals surface area contributed by atoms with Gasteiger partial charge in [0.1, 0.15) is 5.82 Å². The summed E-state index contributed by atoms with van der Waals surface area (Å²) in [6, 6.07) is 6.76. The fourth-order valence-corrected chi connectivity index (χ4v) is 3.84. The zero-order valence-corrected chi connectivity index (χ0v) is 13.8. The molecular weight excluding hydrogens is 291 g/mol. The first kappa shape index (κ1) is 16.4. The first-order valence-electron chi connectivity index (χ1n) is 8.93. The van der Waals surface area contributed by atoms with Crippen LogP contribution in [-0.4, -0.2) is 37.0 Å². The van der Waals surface area contributed by atoms with Crippen LogP contribution < -0.4 is 5.32 Å². The Morgan fingerprint density at radius 2 is 1.87 bits per heavy atom. The Balaban J connectivity index is 1.41. The van der Waals surface area contributed by atoms with E-state index >= 15 is 0 Å². The number of piperidine rings is 1. The highest BCUT2D eigenvalue weighted by Crippen LogP contribution is 2.23. The molecule has 3 rings (SSSR count). The topological polar surface area (TPSA) is 32.3 Å². The lowest BCUT2D eigenvalue weighted by molar-refractivity contribution is -0.130. The highest BCUT2D eigenvalue weighted by atomic mass is 19.1. The normalized spacial score (nSPS) is 22.5. The van der Waals surface area contributed by atoms with Gasteiger partial charge >= 0.3 is 0 Å². The van der Waals surface area contributed by atoms with Gasteiger partial charge in [0, 0.05) is 19.5 Å². The van der Waals surface area contributed by atoms with Gasteiger partial charge in [0.05, 0.1) is 0 Å². The summed E-state index contributed by atoms with van der Waals surface area (Å²) >= 11 is 0. The van der Waals surface area contributed by atoms with Gasteiger partial charge in [-0.1, -0.05) is 12.1 Å². The summed E-state index contributed by atoms with van der Waals surface area (Å²) in [5.41, 5.74) is 1.17. The zero-order chi connectivity index (χ0) is 16.1. The van der Waals surface area contributed by atoms with E-state index in [1.54, 1.807) is 0 Å². The molecule has 1 atom stereocenters. The van der Waals surface area contributed by atoms with Crippen LogP contribution in [0.5, 0.6) is 0 Å². The van der Waals surface area contributed by atoms with E-state index in [9.17, 15) is 9.18 Å². The number of nitrogens with zero attached hydrogens (tertiary/aromatic N) is 1. The summed E-state index contributed by atoms with van der Waals surface area (Å²) in [5.74, 6) is 1.38. The monoisotopic (exact) mass is 318 g/mol. The SMILES string of the molecule is O=C(CCC1CCNCC1)N1CCC(Cc2ccc(F)cc2)C1. The predicted octanol–water partition coefficient (Wildman–Crippen LogP) is 3.00. The van der Waals surface area contributed by atoms with Crippen molar-refractivity contribution in [3.63, 3.8) is 0 Å². The minimum Gasteiger partial charge on any atom is -0.342 e. The molecule has 1 aromatic rings. The summed E-state index contributed by atoms with van der Waals surface area (Å²) in [5, 5.41) is 3.37. The van der Waals surface area contributed by atoms with E-state index in [4.69, 9.17) is 0 Å². The lowest BCUT2D eigenvalue weighted by Gasteiger charge is -2.23. The Morgan fingerprint density at radius 1 is 1.13 bits per heavy atom. The third kappa shape index (κ3) is 4.77. The summed E-state index contributed by atoms with van der Waals surface area (Å²) in [6.45, 7) is 3.95. The molecule has 1 N–H and O–H groups in total. The van der Waals surface area contributed by atoms with Crippen LogP contribution in [0.25, 0.3) is 0 Å². The molecule has 23 heavy (non-hydrogen) atoms. The molecule has 4 heteroatoms. The lowest BCUT2D eigenvalue weighted by atomic mass is 9.93. The van der Waals surface area contributed by atoms with E-state index in [0.29, 0.717) is 18.2 Å². The Kier molecular flexibility index (Phi) is 5.65. The van der Waals surface area contributed by atoms with Crippen LogP contribution >= 0.6 is 0 Å². The van der Waals surface area contributed by atoms with Crippen LogP contribution in [-0.2, 0) is 11.2 Å². The van der Waals surface area contributed by atoms with Gasteiger partial charge in [-0.15, -0.1) is 0 Å². The van der Waals surface area contributed by atoms with Crippen molar-refractivity contribution in [3.8, 4) is 0 Å². The van der Waals surface area contributed by atoms with Crippen LogP contribution in [0, 0.1) is 17.7 Å². The van der Waals surface area contributed by atoms with Crippen molar-refractivity contribution < 1.29 is 9.18 Å². The van der Waals surface area contributed by atoms with Crippen molar-refractivity contribution in [2.24, 2.45) is 11.8 Å². The molecule has 3 nitrogen and oxygen atoms in total. The summed E-state index contributed by atoms with van der Waals surface area (Å²) in [4.78, 5) is 14.4. The lowest BCUT2D eigenvalue weighted by Crippen LogP contribution is -2.31. The van der Waals surface area contributed by atoms with Crippen molar-refractivity contribution in [1.29, 1.82) is 0 Å². The molecular formula is C19H27FN2O. The molecule has 0 aliphatic carbocycles. The molecule has 2 aliphatic rings. The maximum atomic E-state index is 12.9. The van der Waals surface area contributed by atoms with Crippen LogP contribution in [0.2, 0.25) is 0 Å². The second-order valence-electron chi connectivity index (χ2n) is 7.06. The Hall–Kier alpha value is -1.42. The van der Waals surface area contributed by atoms with Gasteiger partial charge in [0.15, 0.2) is 0 Å². The zero-order valence-electron chi connectivity index (χ0n) is 13.8. The second kappa shape index (κ2) is 7.91. The van der Waals surface area contributed by atoms with Crippen molar-refractivity contribution in [2.45, 2.75) is 38.5 Å². The minimum absolute atomic E-state index is 0.185. The Morgan fingerprint density at radius 3 is 2.61 bits per heavy atom. The van der Waals surface area contributed by atoms with E-state index in [1.165, 1.54) is 30.5 Å². The number of hydrogen-bond donors (Lipinski definition) is 1. The van der Waals surface area contributed by atoms with E-state index < -0.39 is 0 Å². The Labute approximate surface area is 138 Å². The smallest absolute Gasteiger partial charge is 0.222 e. The van der Waals surface area contributed by atoms with E-state index in [1.807, 2.05) is 17.0 Å². The molecule has 1 aromatic carbocycles. The molecule has 1 amide bonds. The summed E-state index contributed by atoms with van der Waals surface area (Å²) < 4.78 is 12.9. The van der Waals surface area contributed by atoms with Gasteiger partial charge in [-0.25, -0.2) is 4.39 Å². The maximum absolute atomic E-state index is 12.9. The minimum atomic E-state index is -0.185. The fourth-order valence-electron chi connectivity index (χ4n) is 3.84. The number of carbonyl (C=O) groups excluding carboxylic acids is 1. The molecule has 2 saturated heterocycles. The first-order valence-corrected chi connectivity index (χ1v) is 8.93. The second-order valence-corrected chi connectivity index (χ2v) is 7.06. The van der Waals surface area contributed by atoms with Gasteiger partial charge in [0.2, 0.25) is 5.91 Å². The molecule has 2 aliphatic heterocycles. The standard InChI is InChI=1S/C19H27FN2O/c20-18-4-1-16(2-5-18)13-17-9-12-22(14-17)19(23)6-3-15-7-10-21-11-8-15/h1-2,4-5,15,17,21H,3,6-14H2. The number of halogens is 1. The third-order valence-corrected chi connectivity index (χ3v) is 5.30. The fraction of sp³-hybridized carbons (Fsp3) is 0.632. The molecule has 0 radical (unpaired) electrons. The average molecular weight is 318 g/mol. The van der Waals surface area contributed by atoms with Gasteiger partial charge in [-0.3, -0.25) is 4.79 Å². The number of carbonyl (C=O) groups is 1. The third-order valence-electron chi connectivity index (χ3n) is 5.30. The van der Waals surface area contributed by atoms with E-state index in [0.717, 1.165) is 51.4 Å². The van der Waals surface area contributed by atoms with Crippen molar-refractivity contribution in [2.75, 3.05) is 26.2 Å². The number of rotatable bonds is 5. The van der Waals surface area contributed by atoms with E-state index in [-0.39, 0.29) is 5.82 Å². The molecule has 1 unspecified atom stereocenters. The molecule has 126 valence electrons. The van der Waals surface area contributed by atoms with Crippen molar-refractivity contribution in [1.82, 2.24) is 10.2 Å². The molecule has 2 heterocycles. The molecule has 0 bridgehead atoms. The van der Waals surface area contributed by atoms with Gasteiger partial charge in [-0.2, -0.15) is 0 Å². The molecule has 0 saturated carbocycles. The number of hydrogen-bond acceptors (Lipinski definition) is 2.